The summed E-state index contributed by atoms with van der Waals surface area (Å²) in [6, 6.07) is 4.12. The van der Waals surface area contributed by atoms with Gasteiger partial charge in [0, 0.05) is 38.4 Å². The van der Waals surface area contributed by atoms with Crippen molar-refractivity contribution in [1.82, 2.24) is 15.2 Å². The molecule has 2 atom stereocenters. The van der Waals surface area contributed by atoms with E-state index in [9.17, 15) is 4.79 Å². The summed E-state index contributed by atoms with van der Waals surface area (Å²) in [5, 5.41) is 3.39. The molecule has 4 heteroatoms. The van der Waals surface area contributed by atoms with Crippen LogP contribution in [0.15, 0.2) is 24.5 Å². The number of amides is 1. The third kappa shape index (κ3) is 4.03. The lowest BCUT2D eigenvalue weighted by atomic mass is 9.89. The highest BCUT2D eigenvalue weighted by atomic mass is 16.2. The van der Waals surface area contributed by atoms with Crippen LogP contribution >= 0.6 is 0 Å². The third-order valence-corrected chi connectivity index (χ3v) is 4.54. The van der Waals surface area contributed by atoms with Crippen LogP contribution in [0.3, 0.4) is 0 Å². The number of nitrogens with zero attached hydrogens (tertiary/aromatic N) is 2. The molecular formula is C17H27N3O. The molecule has 2 heterocycles. The van der Waals surface area contributed by atoms with Crippen molar-refractivity contribution < 1.29 is 4.79 Å². The van der Waals surface area contributed by atoms with E-state index >= 15 is 0 Å². The van der Waals surface area contributed by atoms with Crippen molar-refractivity contribution in [3.8, 4) is 0 Å². The molecule has 2 rings (SSSR count). The number of carbonyl (C=O) groups excluding carboxylic acids is 1. The number of piperazine rings is 1. The molecule has 116 valence electrons. The predicted molar refractivity (Wildman–Crippen MR) is 84.8 cm³/mol. The van der Waals surface area contributed by atoms with E-state index in [-0.39, 0.29) is 11.9 Å². The van der Waals surface area contributed by atoms with Gasteiger partial charge in [-0.3, -0.25) is 9.78 Å². The first-order valence-electron chi connectivity index (χ1n) is 8.03. The van der Waals surface area contributed by atoms with Gasteiger partial charge in [-0.05, 0) is 23.5 Å². The Morgan fingerprint density at radius 1 is 1.52 bits per heavy atom. The van der Waals surface area contributed by atoms with Gasteiger partial charge < -0.3 is 10.2 Å². The van der Waals surface area contributed by atoms with Gasteiger partial charge in [0.25, 0.3) is 0 Å². The highest BCUT2D eigenvalue weighted by Gasteiger charge is 2.29. The Kier molecular flexibility index (Phi) is 5.74. The van der Waals surface area contributed by atoms with Crippen molar-refractivity contribution in [1.29, 1.82) is 0 Å². The molecule has 4 nitrogen and oxygen atoms in total. The number of hydrogen-bond donors (Lipinski definition) is 1. The second-order valence-corrected chi connectivity index (χ2v) is 6.21. The van der Waals surface area contributed by atoms with E-state index in [1.54, 1.807) is 6.20 Å². The normalized spacial score (nSPS) is 20.6. The molecule has 2 unspecified atom stereocenters. The van der Waals surface area contributed by atoms with Crippen LogP contribution in [0, 0.1) is 11.8 Å². The van der Waals surface area contributed by atoms with Crippen LogP contribution in [-0.2, 0) is 4.79 Å². The summed E-state index contributed by atoms with van der Waals surface area (Å²) >= 11 is 0. The Labute approximate surface area is 127 Å². The number of carbonyl (C=O) groups is 1. The van der Waals surface area contributed by atoms with Gasteiger partial charge in [-0.25, -0.2) is 0 Å². The largest absolute Gasteiger partial charge is 0.333 e. The molecule has 1 aromatic rings. The van der Waals surface area contributed by atoms with E-state index in [1.165, 1.54) is 0 Å². The van der Waals surface area contributed by atoms with Gasteiger partial charge >= 0.3 is 0 Å². The maximum atomic E-state index is 12.7. The first kappa shape index (κ1) is 16.0. The molecule has 0 aromatic carbocycles. The molecule has 0 bridgehead atoms. The van der Waals surface area contributed by atoms with Gasteiger partial charge in [-0.1, -0.05) is 33.3 Å². The van der Waals surface area contributed by atoms with Crippen LogP contribution < -0.4 is 5.32 Å². The SMILES string of the molecule is CCC(CC(=O)N1CCNCC1c1cccnc1)C(C)C. The van der Waals surface area contributed by atoms with Gasteiger partial charge in [0.05, 0.1) is 6.04 Å². The molecule has 1 aromatic heterocycles. The van der Waals surface area contributed by atoms with Gasteiger partial charge in [-0.2, -0.15) is 0 Å². The topological polar surface area (TPSA) is 45.2 Å². The van der Waals surface area contributed by atoms with Crippen molar-refractivity contribution >= 4 is 5.91 Å². The molecule has 1 aliphatic rings. The second kappa shape index (κ2) is 7.55. The highest BCUT2D eigenvalue weighted by molar-refractivity contribution is 5.77. The van der Waals surface area contributed by atoms with Gasteiger partial charge in [-0.15, -0.1) is 0 Å². The average Bonchev–Trinajstić information content (AvgIpc) is 2.53. The maximum Gasteiger partial charge on any atom is 0.223 e. The Hall–Kier alpha value is -1.42. The molecule has 0 saturated carbocycles. The molecule has 1 saturated heterocycles. The van der Waals surface area contributed by atoms with E-state index in [2.05, 4.69) is 37.1 Å². The Bertz CT molecular complexity index is 447. The van der Waals surface area contributed by atoms with Gasteiger partial charge in [0.1, 0.15) is 0 Å². The minimum Gasteiger partial charge on any atom is -0.333 e. The van der Waals surface area contributed by atoms with Crippen LogP contribution in [0.1, 0.15) is 45.2 Å². The smallest absolute Gasteiger partial charge is 0.223 e. The van der Waals surface area contributed by atoms with Crippen molar-refractivity contribution in [2.24, 2.45) is 11.8 Å². The summed E-state index contributed by atoms with van der Waals surface area (Å²) in [7, 11) is 0. The number of hydrogen-bond acceptors (Lipinski definition) is 3. The molecular weight excluding hydrogens is 262 g/mol. The van der Waals surface area contributed by atoms with E-state index in [1.807, 2.05) is 17.2 Å². The first-order valence-corrected chi connectivity index (χ1v) is 8.03. The maximum absolute atomic E-state index is 12.7. The lowest BCUT2D eigenvalue weighted by Crippen LogP contribution is -2.49. The molecule has 0 aliphatic carbocycles. The zero-order valence-electron chi connectivity index (χ0n) is 13.4. The molecule has 1 amide bonds. The van der Waals surface area contributed by atoms with Gasteiger partial charge in [0.2, 0.25) is 5.91 Å². The summed E-state index contributed by atoms with van der Waals surface area (Å²) in [6.07, 6.45) is 5.37. The minimum absolute atomic E-state index is 0.115. The second-order valence-electron chi connectivity index (χ2n) is 6.21. The van der Waals surface area contributed by atoms with Crippen LogP contribution in [0.5, 0.6) is 0 Å². The van der Waals surface area contributed by atoms with Crippen LogP contribution in [0.2, 0.25) is 0 Å². The fourth-order valence-corrected chi connectivity index (χ4v) is 3.07. The van der Waals surface area contributed by atoms with Crippen molar-refractivity contribution in [2.45, 2.75) is 39.7 Å². The molecule has 0 spiro atoms. The number of pyridine rings is 1. The Morgan fingerprint density at radius 2 is 2.33 bits per heavy atom. The molecule has 21 heavy (non-hydrogen) atoms. The summed E-state index contributed by atoms with van der Waals surface area (Å²) in [5.41, 5.74) is 1.12. The lowest BCUT2D eigenvalue weighted by Gasteiger charge is -2.37. The minimum atomic E-state index is 0.115. The zero-order valence-corrected chi connectivity index (χ0v) is 13.4. The van der Waals surface area contributed by atoms with Crippen LogP contribution in [-0.4, -0.2) is 35.4 Å². The fraction of sp³-hybridized carbons (Fsp3) is 0.647. The third-order valence-electron chi connectivity index (χ3n) is 4.54. The van der Waals surface area contributed by atoms with Gasteiger partial charge in [0.15, 0.2) is 0 Å². The molecule has 1 aliphatic heterocycles. The van der Waals surface area contributed by atoms with Crippen LogP contribution in [0.25, 0.3) is 0 Å². The summed E-state index contributed by atoms with van der Waals surface area (Å²) in [6.45, 7) is 9.06. The van der Waals surface area contributed by atoms with E-state index < -0.39 is 0 Å². The standard InChI is InChI=1S/C17H27N3O/c1-4-14(13(2)3)10-17(21)20-9-8-19-12-16(20)15-6-5-7-18-11-15/h5-7,11,13-14,16,19H,4,8-10,12H2,1-3H3. The first-order chi connectivity index (χ1) is 10.1. The quantitative estimate of drug-likeness (QED) is 0.906. The van der Waals surface area contributed by atoms with Crippen LogP contribution in [0.4, 0.5) is 0 Å². The number of aromatic nitrogens is 1. The van der Waals surface area contributed by atoms with Crippen molar-refractivity contribution in [2.75, 3.05) is 19.6 Å². The monoisotopic (exact) mass is 289 g/mol. The average molecular weight is 289 g/mol. The lowest BCUT2D eigenvalue weighted by molar-refractivity contribution is -0.136. The summed E-state index contributed by atoms with van der Waals surface area (Å²) in [4.78, 5) is 19.0. The zero-order chi connectivity index (χ0) is 15.2. The van der Waals surface area contributed by atoms with Crippen molar-refractivity contribution in [3.05, 3.63) is 30.1 Å². The Balaban J connectivity index is 2.09. The summed E-state index contributed by atoms with van der Waals surface area (Å²) < 4.78 is 0. The highest BCUT2D eigenvalue weighted by Crippen LogP contribution is 2.26. The fourth-order valence-electron chi connectivity index (χ4n) is 3.07. The van der Waals surface area contributed by atoms with Crippen molar-refractivity contribution in [3.63, 3.8) is 0 Å². The predicted octanol–water partition coefficient (Wildman–Crippen LogP) is 2.63. The summed E-state index contributed by atoms with van der Waals surface area (Å²) in [5.74, 6) is 1.31. The molecule has 0 radical (unpaired) electrons. The van der Waals surface area contributed by atoms with E-state index in [0.29, 0.717) is 18.3 Å². The molecule has 1 N–H and O–H groups in total. The number of rotatable bonds is 5. The Morgan fingerprint density at radius 3 is 2.95 bits per heavy atom. The molecule has 1 fully saturated rings. The van der Waals surface area contributed by atoms with E-state index in [4.69, 9.17) is 0 Å². The number of nitrogens with one attached hydrogen (secondary N) is 1. The van der Waals surface area contributed by atoms with E-state index in [0.717, 1.165) is 31.6 Å².